The van der Waals surface area contributed by atoms with Crippen LogP contribution in [0.3, 0.4) is 0 Å². The molecular weight excluding hydrogens is 382 g/mol. The molecule has 5 nitrogen and oxygen atoms in total. The first-order valence-corrected chi connectivity index (χ1v) is 11.5. The van der Waals surface area contributed by atoms with Gasteiger partial charge in [0.25, 0.3) is 10.0 Å². The molecule has 1 fully saturated rings. The van der Waals surface area contributed by atoms with Crippen LogP contribution in [0.25, 0.3) is 0 Å². The van der Waals surface area contributed by atoms with Gasteiger partial charge >= 0.3 is 5.97 Å². The molecule has 0 amide bonds. The number of esters is 1. The Kier molecular flexibility index (Phi) is 6.03. The van der Waals surface area contributed by atoms with E-state index in [1.54, 1.807) is 17.5 Å². The van der Waals surface area contributed by atoms with Crippen molar-refractivity contribution in [3.8, 4) is 5.75 Å². The lowest BCUT2D eigenvalue weighted by Gasteiger charge is -2.29. The van der Waals surface area contributed by atoms with Gasteiger partial charge in [0.05, 0.1) is 5.92 Å². The van der Waals surface area contributed by atoms with Crippen molar-refractivity contribution in [1.29, 1.82) is 0 Å². The van der Waals surface area contributed by atoms with Crippen LogP contribution in [0.1, 0.15) is 43.7 Å². The summed E-state index contributed by atoms with van der Waals surface area (Å²) in [5.74, 6) is 0.421. The van der Waals surface area contributed by atoms with Crippen LogP contribution in [0.2, 0.25) is 0 Å². The summed E-state index contributed by atoms with van der Waals surface area (Å²) in [6, 6.07) is 9.07. The van der Waals surface area contributed by atoms with Gasteiger partial charge in [-0.25, -0.2) is 8.42 Å². The third-order valence-electron chi connectivity index (χ3n) is 4.96. The molecule has 27 heavy (non-hydrogen) atoms. The molecule has 3 rings (SSSR count). The minimum Gasteiger partial charge on any atom is -0.426 e. The summed E-state index contributed by atoms with van der Waals surface area (Å²) in [5, 5.41) is 1.75. The Morgan fingerprint density at radius 2 is 1.93 bits per heavy atom. The van der Waals surface area contributed by atoms with Crippen LogP contribution in [-0.4, -0.2) is 31.8 Å². The highest BCUT2D eigenvalue weighted by molar-refractivity contribution is 7.91. The summed E-state index contributed by atoms with van der Waals surface area (Å²) in [6.07, 6.45) is 0.957. The van der Waals surface area contributed by atoms with Gasteiger partial charge in [0.2, 0.25) is 0 Å². The third kappa shape index (κ3) is 4.42. The first-order valence-electron chi connectivity index (χ1n) is 9.15. The van der Waals surface area contributed by atoms with Gasteiger partial charge in [0, 0.05) is 13.1 Å². The van der Waals surface area contributed by atoms with E-state index in [9.17, 15) is 13.2 Å². The van der Waals surface area contributed by atoms with Crippen molar-refractivity contribution in [1.82, 2.24) is 4.31 Å². The summed E-state index contributed by atoms with van der Waals surface area (Å²) < 4.78 is 32.5. The molecule has 1 aliphatic heterocycles. The Morgan fingerprint density at radius 1 is 1.22 bits per heavy atom. The number of benzene rings is 1. The van der Waals surface area contributed by atoms with Gasteiger partial charge in [-0.2, -0.15) is 4.31 Å². The van der Waals surface area contributed by atoms with Crippen molar-refractivity contribution in [3.05, 3.63) is 46.8 Å². The number of thiophene rings is 1. The number of piperidine rings is 1. The SMILES string of the molecule is Cc1cc(OC(=O)C2CCN(S(=O)(=O)c3cccs3)CC2)ccc1C(C)C. The van der Waals surface area contributed by atoms with Gasteiger partial charge in [-0.3, -0.25) is 4.79 Å². The Morgan fingerprint density at radius 3 is 2.48 bits per heavy atom. The predicted octanol–water partition coefficient (Wildman–Crippen LogP) is 4.19. The number of rotatable bonds is 5. The van der Waals surface area contributed by atoms with Gasteiger partial charge in [-0.05, 0) is 60.4 Å². The molecule has 1 aliphatic rings. The van der Waals surface area contributed by atoms with E-state index >= 15 is 0 Å². The van der Waals surface area contributed by atoms with Crippen molar-refractivity contribution in [2.45, 2.75) is 43.7 Å². The monoisotopic (exact) mass is 407 g/mol. The summed E-state index contributed by atoms with van der Waals surface area (Å²) in [5.41, 5.74) is 2.34. The maximum atomic E-state index is 12.6. The summed E-state index contributed by atoms with van der Waals surface area (Å²) >= 11 is 1.22. The number of nitrogens with zero attached hydrogens (tertiary/aromatic N) is 1. The molecule has 1 aromatic heterocycles. The number of hydrogen-bond acceptors (Lipinski definition) is 5. The van der Waals surface area contributed by atoms with Crippen LogP contribution in [0, 0.1) is 12.8 Å². The van der Waals surface area contributed by atoms with Crippen molar-refractivity contribution >= 4 is 27.3 Å². The zero-order valence-corrected chi connectivity index (χ0v) is 17.5. The number of carbonyl (C=O) groups excluding carboxylic acids is 1. The Labute approximate surface area is 165 Å². The molecular formula is C20H25NO4S2. The topological polar surface area (TPSA) is 63.7 Å². The highest BCUT2D eigenvalue weighted by atomic mass is 32.2. The normalized spacial score (nSPS) is 16.6. The predicted molar refractivity (Wildman–Crippen MR) is 107 cm³/mol. The van der Waals surface area contributed by atoms with Gasteiger partial charge in [0.15, 0.2) is 0 Å². The maximum absolute atomic E-state index is 12.6. The molecule has 0 unspecified atom stereocenters. The standard InChI is InChI=1S/C20H25NO4S2/c1-14(2)18-7-6-17(13-15(18)3)25-20(22)16-8-10-21(11-9-16)27(23,24)19-5-4-12-26-19/h4-7,12-14,16H,8-11H2,1-3H3. The van der Waals surface area contributed by atoms with Crippen LogP contribution < -0.4 is 4.74 Å². The molecule has 0 aliphatic carbocycles. The quantitative estimate of drug-likeness (QED) is 0.551. The fraction of sp³-hybridized carbons (Fsp3) is 0.450. The number of ether oxygens (including phenoxy) is 1. The number of hydrogen-bond donors (Lipinski definition) is 0. The molecule has 0 atom stereocenters. The van der Waals surface area contributed by atoms with Crippen LogP contribution in [-0.2, 0) is 14.8 Å². The van der Waals surface area contributed by atoms with E-state index < -0.39 is 10.0 Å². The average molecular weight is 408 g/mol. The third-order valence-corrected chi connectivity index (χ3v) is 8.23. The lowest BCUT2D eigenvalue weighted by atomic mass is 9.97. The molecule has 7 heteroatoms. The second kappa shape index (κ2) is 8.12. The fourth-order valence-electron chi connectivity index (χ4n) is 3.43. The smallest absolute Gasteiger partial charge is 0.314 e. The van der Waals surface area contributed by atoms with E-state index in [0.717, 1.165) is 5.56 Å². The van der Waals surface area contributed by atoms with Crippen LogP contribution in [0.4, 0.5) is 0 Å². The van der Waals surface area contributed by atoms with Gasteiger partial charge < -0.3 is 4.74 Å². The summed E-state index contributed by atoms with van der Waals surface area (Å²) in [4.78, 5) is 12.5. The first kappa shape index (κ1) is 20.0. The van der Waals surface area contributed by atoms with E-state index in [1.165, 1.54) is 21.2 Å². The van der Waals surface area contributed by atoms with Crippen molar-refractivity contribution in [2.75, 3.05) is 13.1 Å². The second-order valence-electron chi connectivity index (χ2n) is 7.20. The highest BCUT2D eigenvalue weighted by Crippen LogP contribution is 2.28. The Hall–Kier alpha value is -1.70. The van der Waals surface area contributed by atoms with Crippen LogP contribution in [0.5, 0.6) is 5.75 Å². The van der Waals surface area contributed by atoms with Crippen molar-refractivity contribution < 1.29 is 17.9 Å². The number of sulfonamides is 1. The molecule has 146 valence electrons. The molecule has 2 aromatic rings. The molecule has 0 spiro atoms. The van der Waals surface area contributed by atoms with Crippen molar-refractivity contribution in [2.24, 2.45) is 5.92 Å². The second-order valence-corrected chi connectivity index (χ2v) is 10.3. The van der Waals surface area contributed by atoms with Crippen LogP contribution >= 0.6 is 11.3 Å². The molecule has 0 N–H and O–H groups in total. The highest BCUT2D eigenvalue weighted by Gasteiger charge is 2.33. The lowest BCUT2D eigenvalue weighted by molar-refractivity contribution is -0.140. The molecule has 1 saturated heterocycles. The minimum absolute atomic E-state index is 0.273. The molecule has 1 aromatic carbocycles. The zero-order chi connectivity index (χ0) is 19.6. The van der Waals surface area contributed by atoms with Gasteiger partial charge in [-0.15, -0.1) is 11.3 Å². The Balaban J connectivity index is 1.60. The average Bonchev–Trinajstić information content (AvgIpc) is 3.17. The van der Waals surface area contributed by atoms with E-state index in [0.29, 0.717) is 41.8 Å². The Bertz CT molecular complexity index is 896. The van der Waals surface area contributed by atoms with E-state index in [4.69, 9.17) is 4.74 Å². The number of aryl methyl sites for hydroxylation is 1. The lowest BCUT2D eigenvalue weighted by Crippen LogP contribution is -2.40. The maximum Gasteiger partial charge on any atom is 0.314 e. The van der Waals surface area contributed by atoms with Crippen molar-refractivity contribution in [3.63, 3.8) is 0 Å². The number of carbonyl (C=O) groups is 1. The summed E-state index contributed by atoms with van der Waals surface area (Å²) in [7, 11) is -3.45. The fourth-order valence-corrected chi connectivity index (χ4v) is 6.04. The van der Waals surface area contributed by atoms with Gasteiger partial charge in [-0.1, -0.05) is 26.0 Å². The largest absolute Gasteiger partial charge is 0.426 e. The van der Waals surface area contributed by atoms with Gasteiger partial charge in [0.1, 0.15) is 9.96 Å². The van der Waals surface area contributed by atoms with E-state index in [2.05, 4.69) is 13.8 Å². The molecule has 0 radical (unpaired) electrons. The summed E-state index contributed by atoms with van der Waals surface area (Å²) in [6.45, 7) is 6.95. The zero-order valence-electron chi connectivity index (χ0n) is 15.8. The first-order chi connectivity index (χ1) is 12.8. The molecule has 0 bridgehead atoms. The van der Waals surface area contributed by atoms with E-state index in [1.807, 2.05) is 25.1 Å². The minimum atomic E-state index is -3.45. The molecule has 2 heterocycles. The van der Waals surface area contributed by atoms with E-state index in [-0.39, 0.29) is 11.9 Å². The van der Waals surface area contributed by atoms with Crippen LogP contribution in [0.15, 0.2) is 39.9 Å². The molecule has 0 saturated carbocycles.